The molecule has 106 valence electrons. The lowest BCUT2D eigenvalue weighted by Crippen LogP contribution is -2.60. The quantitative estimate of drug-likeness (QED) is 0.600. The van der Waals surface area contributed by atoms with Gasteiger partial charge in [0.15, 0.2) is 0 Å². The lowest BCUT2D eigenvalue weighted by atomic mass is 9.99. The van der Waals surface area contributed by atoms with E-state index in [1.807, 2.05) is 0 Å². The van der Waals surface area contributed by atoms with Crippen LogP contribution in [0.3, 0.4) is 0 Å². The smallest absolute Gasteiger partial charge is 0.229 e. The Labute approximate surface area is 114 Å². The number of benzene rings is 1. The van der Waals surface area contributed by atoms with Crippen molar-refractivity contribution in [1.29, 1.82) is 0 Å². The molecule has 0 aliphatic carbocycles. The summed E-state index contributed by atoms with van der Waals surface area (Å²) in [4.78, 5) is 0. The number of ether oxygens (including phenoxy) is 2. The molecule has 0 unspecified atom stereocenters. The van der Waals surface area contributed by atoms with Gasteiger partial charge in [0.25, 0.3) is 0 Å². The van der Waals surface area contributed by atoms with Crippen LogP contribution in [0.1, 0.15) is 0 Å². The van der Waals surface area contributed by atoms with Crippen LogP contribution in [0.4, 0.5) is 0 Å². The molecule has 5 atom stereocenters. The van der Waals surface area contributed by atoms with E-state index in [2.05, 4.69) is 0 Å². The predicted octanol–water partition coefficient (Wildman–Crippen LogP) is -0.481. The van der Waals surface area contributed by atoms with Crippen LogP contribution in [-0.2, 0) is 4.74 Å². The average Bonchev–Trinajstić information content (AvgIpc) is 2.39. The first kappa shape index (κ1) is 14.5. The maximum absolute atomic E-state index is 9.78. The molecule has 1 heterocycles. The van der Waals surface area contributed by atoms with Gasteiger partial charge in [-0.3, -0.25) is 0 Å². The molecule has 0 spiro atoms. The van der Waals surface area contributed by atoms with Crippen LogP contribution >= 0.6 is 11.6 Å². The zero-order valence-corrected chi connectivity index (χ0v) is 10.6. The summed E-state index contributed by atoms with van der Waals surface area (Å²) >= 11 is 5.79. The third-order valence-electron chi connectivity index (χ3n) is 2.90. The first-order valence-corrected chi connectivity index (χ1v) is 6.13. The fourth-order valence-corrected chi connectivity index (χ4v) is 2.02. The highest BCUT2D eigenvalue weighted by Crippen LogP contribution is 2.25. The molecule has 0 bridgehead atoms. The Hall–Kier alpha value is -0.890. The fourth-order valence-electron chi connectivity index (χ4n) is 1.84. The van der Waals surface area contributed by atoms with Crippen LogP contribution in [-0.4, -0.2) is 57.7 Å². The first-order chi connectivity index (χ1) is 9.02. The van der Waals surface area contributed by atoms with E-state index < -0.39 is 37.3 Å². The van der Waals surface area contributed by atoms with Gasteiger partial charge in [0.05, 0.1) is 6.61 Å². The van der Waals surface area contributed by atoms with Gasteiger partial charge in [-0.25, -0.2) is 0 Å². The van der Waals surface area contributed by atoms with Gasteiger partial charge in [-0.15, -0.1) is 0 Å². The summed E-state index contributed by atoms with van der Waals surface area (Å²) in [6.07, 6.45) is -6.50. The SMILES string of the molecule is OC[C@@H]1O[C@H](Oc2cccc(Cl)c2)[C@H](O)[C@H](O)[C@H]1O. The Kier molecular flexibility index (Phi) is 4.62. The van der Waals surface area contributed by atoms with Crippen molar-refractivity contribution in [3.05, 3.63) is 29.3 Å². The van der Waals surface area contributed by atoms with Crippen LogP contribution < -0.4 is 4.74 Å². The Morgan fingerprint density at radius 3 is 2.53 bits per heavy atom. The number of hydrogen-bond acceptors (Lipinski definition) is 6. The Morgan fingerprint density at radius 1 is 1.16 bits per heavy atom. The molecular formula is C12H15ClO6. The van der Waals surface area contributed by atoms with Gasteiger partial charge < -0.3 is 29.9 Å². The van der Waals surface area contributed by atoms with Gasteiger partial charge in [0, 0.05) is 5.02 Å². The second-order valence-electron chi connectivity index (χ2n) is 4.27. The second kappa shape index (κ2) is 6.04. The number of hydrogen-bond donors (Lipinski definition) is 4. The molecule has 1 aliphatic rings. The lowest BCUT2D eigenvalue weighted by molar-refractivity contribution is -0.277. The molecule has 2 rings (SSSR count). The minimum Gasteiger partial charge on any atom is -0.462 e. The zero-order valence-electron chi connectivity index (χ0n) is 9.89. The molecule has 4 N–H and O–H groups in total. The molecule has 0 radical (unpaired) electrons. The lowest BCUT2D eigenvalue weighted by Gasteiger charge is -2.39. The molecule has 0 aromatic heterocycles. The van der Waals surface area contributed by atoms with E-state index in [-0.39, 0.29) is 0 Å². The molecule has 19 heavy (non-hydrogen) atoms. The molecule has 6 nitrogen and oxygen atoms in total. The number of aliphatic hydroxyl groups is 4. The van der Waals surface area contributed by atoms with Gasteiger partial charge in [-0.2, -0.15) is 0 Å². The Bertz CT molecular complexity index is 426. The molecule has 1 aromatic rings. The van der Waals surface area contributed by atoms with Crippen LogP contribution in [0, 0.1) is 0 Å². The number of aliphatic hydroxyl groups excluding tert-OH is 4. The summed E-state index contributed by atoms with van der Waals surface area (Å²) in [7, 11) is 0. The van der Waals surface area contributed by atoms with Crippen molar-refractivity contribution in [2.75, 3.05) is 6.61 Å². The molecular weight excluding hydrogens is 276 g/mol. The summed E-state index contributed by atoms with van der Waals surface area (Å²) in [5.41, 5.74) is 0. The van der Waals surface area contributed by atoms with Crippen molar-refractivity contribution in [2.45, 2.75) is 30.7 Å². The molecule has 0 amide bonds. The minimum absolute atomic E-state index is 0.344. The van der Waals surface area contributed by atoms with E-state index in [1.165, 1.54) is 6.07 Å². The molecule has 7 heteroatoms. The maximum atomic E-state index is 9.78. The van der Waals surface area contributed by atoms with E-state index in [9.17, 15) is 15.3 Å². The van der Waals surface area contributed by atoms with Crippen molar-refractivity contribution >= 4 is 11.6 Å². The molecule has 1 saturated heterocycles. The normalized spacial score (nSPS) is 35.1. The standard InChI is InChI=1S/C12H15ClO6/c13-6-2-1-3-7(4-6)18-12-11(17)10(16)9(15)8(5-14)19-12/h1-4,8-12,14-17H,5H2/t8-,9-,10+,11+,12-/m0/s1. The Morgan fingerprint density at radius 2 is 1.89 bits per heavy atom. The summed E-state index contributed by atoms with van der Waals surface area (Å²) in [5.74, 6) is 0.344. The van der Waals surface area contributed by atoms with Crippen LogP contribution in [0.2, 0.25) is 5.02 Å². The van der Waals surface area contributed by atoms with Gasteiger partial charge in [-0.05, 0) is 18.2 Å². The van der Waals surface area contributed by atoms with E-state index in [0.717, 1.165) is 0 Å². The highest BCUT2D eigenvalue weighted by Gasteiger charge is 2.44. The van der Waals surface area contributed by atoms with Crippen molar-refractivity contribution in [1.82, 2.24) is 0 Å². The van der Waals surface area contributed by atoms with Crippen LogP contribution in [0.15, 0.2) is 24.3 Å². The summed E-state index contributed by atoms with van der Waals surface area (Å²) < 4.78 is 10.6. The van der Waals surface area contributed by atoms with Crippen molar-refractivity contribution in [2.24, 2.45) is 0 Å². The van der Waals surface area contributed by atoms with E-state index in [1.54, 1.807) is 18.2 Å². The predicted molar refractivity (Wildman–Crippen MR) is 65.8 cm³/mol. The molecule has 1 aromatic carbocycles. The Balaban J connectivity index is 2.10. The van der Waals surface area contributed by atoms with Crippen LogP contribution in [0.5, 0.6) is 5.75 Å². The summed E-state index contributed by atoms with van der Waals surface area (Å²) in [6.45, 7) is -0.500. The molecule has 0 saturated carbocycles. The third kappa shape index (κ3) is 3.17. The summed E-state index contributed by atoms with van der Waals surface area (Å²) in [6, 6.07) is 6.43. The summed E-state index contributed by atoms with van der Waals surface area (Å²) in [5, 5.41) is 38.5. The average molecular weight is 291 g/mol. The van der Waals surface area contributed by atoms with E-state index >= 15 is 0 Å². The number of rotatable bonds is 3. The van der Waals surface area contributed by atoms with Crippen molar-refractivity contribution in [3.8, 4) is 5.75 Å². The fraction of sp³-hybridized carbons (Fsp3) is 0.500. The van der Waals surface area contributed by atoms with Gasteiger partial charge in [-0.1, -0.05) is 17.7 Å². The van der Waals surface area contributed by atoms with Crippen molar-refractivity contribution in [3.63, 3.8) is 0 Å². The van der Waals surface area contributed by atoms with Crippen LogP contribution in [0.25, 0.3) is 0 Å². The largest absolute Gasteiger partial charge is 0.462 e. The maximum Gasteiger partial charge on any atom is 0.229 e. The minimum atomic E-state index is -1.46. The monoisotopic (exact) mass is 290 g/mol. The highest BCUT2D eigenvalue weighted by molar-refractivity contribution is 6.30. The van der Waals surface area contributed by atoms with E-state index in [4.69, 9.17) is 26.2 Å². The topological polar surface area (TPSA) is 99.4 Å². The first-order valence-electron chi connectivity index (χ1n) is 5.75. The third-order valence-corrected chi connectivity index (χ3v) is 3.13. The highest BCUT2D eigenvalue weighted by atomic mass is 35.5. The zero-order chi connectivity index (χ0) is 14.0. The van der Waals surface area contributed by atoms with Crippen molar-refractivity contribution < 1.29 is 29.9 Å². The van der Waals surface area contributed by atoms with E-state index in [0.29, 0.717) is 10.8 Å². The van der Waals surface area contributed by atoms with Gasteiger partial charge in [0.2, 0.25) is 6.29 Å². The molecule has 1 aliphatic heterocycles. The number of halogens is 1. The van der Waals surface area contributed by atoms with Gasteiger partial charge in [0.1, 0.15) is 30.2 Å². The van der Waals surface area contributed by atoms with Gasteiger partial charge >= 0.3 is 0 Å². The second-order valence-corrected chi connectivity index (χ2v) is 4.71. The molecule has 1 fully saturated rings.